The Hall–Kier alpha value is -1.14. The quantitative estimate of drug-likeness (QED) is 0.752. The summed E-state index contributed by atoms with van der Waals surface area (Å²) in [4.78, 5) is 23.5. The molecule has 1 unspecified atom stereocenters. The van der Waals surface area contributed by atoms with Gasteiger partial charge in [-0.3, -0.25) is 4.79 Å². The summed E-state index contributed by atoms with van der Waals surface area (Å²) in [6.45, 7) is 1.81. The van der Waals surface area contributed by atoms with Crippen molar-refractivity contribution in [3.63, 3.8) is 0 Å². The van der Waals surface area contributed by atoms with Crippen molar-refractivity contribution in [2.24, 2.45) is 5.92 Å². The third-order valence-corrected chi connectivity index (χ3v) is 3.65. The second-order valence-corrected chi connectivity index (χ2v) is 4.90. The van der Waals surface area contributed by atoms with Gasteiger partial charge in [0, 0.05) is 32.7 Å². The Kier molecular flexibility index (Phi) is 4.19. The molecule has 2 heterocycles. The van der Waals surface area contributed by atoms with Gasteiger partial charge in [0.05, 0.1) is 12.5 Å². The van der Waals surface area contributed by atoms with Gasteiger partial charge in [0.25, 0.3) is 0 Å². The zero-order valence-electron chi connectivity index (χ0n) is 10.3. The Bertz CT molecular complexity index is 318. The monoisotopic (exact) mass is 257 g/mol. The minimum atomic E-state index is -1.16. The summed E-state index contributed by atoms with van der Waals surface area (Å²) in [7, 11) is 0. The Morgan fingerprint density at radius 1 is 1.17 bits per heavy atom. The molecule has 0 bridgehead atoms. The van der Waals surface area contributed by atoms with E-state index in [9.17, 15) is 14.7 Å². The average molecular weight is 257 g/mol. The standard InChI is InChI=1S/C12H19NO5/c14-10(9-2-1-5-18-8-9)13-12(11(15)16)3-6-17-7-4-12/h9H,1-8H2,(H,13,14)(H,15,16). The van der Waals surface area contributed by atoms with Crippen molar-refractivity contribution in [2.45, 2.75) is 31.2 Å². The molecule has 18 heavy (non-hydrogen) atoms. The molecule has 1 atom stereocenters. The van der Waals surface area contributed by atoms with Crippen LogP contribution in [0.15, 0.2) is 0 Å². The van der Waals surface area contributed by atoms with Gasteiger partial charge in [0.2, 0.25) is 5.91 Å². The van der Waals surface area contributed by atoms with E-state index in [1.54, 1.807) is 0 Å². The summed E-state index contributed by atoms with van der Waals surface area (Å²) in [6.07, 6.45) is 2.25. The third kappa shape index (κ3) is 2.81. The number of ether oxygens (including phenoxy) is 2. The Balaban J connectivity index is 1.99. The predicted octanol–water partition coefficient (Wildman–Crippen LogP) is 0.163. The predicted molar refractivity (Wildman–Crippen MR) is 62.1 cm³/mol. The van der Waals surface area contributed by atoms with Crippen LogP contribution in [0.2, 0.25) is 0 Å². The van der Waals surface area contributed by atoms with E-state index in [0.29, 0.717) is 39.3 Å². The molecular weight excluding hydrogens is 238 g/mol. The van der Waals surface area contributed by atoms with Crippen molar-refractivity contribution in [1.29, 1.82) is 0 Å². The average Bonchev–Trinajstić information content (AvgIpc) is 2.40. The number of aliphatic carboxylic acids is 1. The van der Waals surface area contributed by atoms with E-state index in [1.807, 2.05) is 0 Å². The molecule has 6 heteroatoms. The molecule has 1 amide bonds. The van der Waals surface area contributed by atoms with Crippen LogP contribution in [0.4, 0.5) is 0 Å². The number of carbonyl (C=O) groups is 2. The molecule has 2 saturated heterocycles. The summed E-state index contributed by atoms with van der Waals surface area (Å²) in [6, 6.07) is 0. The second kappa shape index (κ2) is 5.67. The molecule has 102 valence electrons. The number of carboxylic acids is 1. The van der Waals surface area contributed by atoms with Crippen LogP contribution in [0.1, 0.15) is 25.7 Å². The third-order valence-electron chi connectivity index (χ3n) is 3.65. The number of rotatable bonds is 3. The molecule has 2 rings (SSSR count). The van der Waals surface area contributed by atoms with Crippen LogP contribution in [-0.2, 0) is 19.1 Å². The summed E-state index contributed by atoms with van der Waals surface area (Å²) >= 11 is 0. The summed E-state index contributed by atoms with van der Waals surface area (Å²) < 4.78 is 10.4. The Morgan fingerprint density at radius 2 is 1.89 bits per heavy atom. The fraction of sp³-hybridized carbons (Fsp3) is 0.833. The number of nitrogens with one attached hydrogen (secondary N) is 1. The molecule has 0 aliphatic carbocycles. The van der Waals surface area contributed by atoms with Gasteiger partial charge in [-0.1, -0.05) is 0 Å². The largest absolute Gasteiger partial charge is 0.480 e. The number of carbonyl (C=O) groups excluding carboxylic acids is 1. The lowest BCUT2D eigenvalue weighted by molar-refractivity contribution is -0.153. The second-order valence-electron chi connectivity index (χ2n) is 4.90. The highest BCUT2D eigenvalue weighted by Gasteiger charge is 2.42. The molecule has 0 radical (unpaired) electrons. The highest BCUT2D eigenvalue weighted by Crippen LogP contribution is 2.23. The van der Waals surface area contributed by atoms with Crippen molar-refractivity contribution >= 4 is 11.9 Å². The van der Waals surface area contributed by atoms with Gasteiger partial charge < -0.3 is 19.9 Å². The zero-order chi connectivity index (χ0) is 13.0. The minimum absolute atomic E-state index is 0.209. The zero-order valence-corrected chi connectivity index (χ0v) is 10.3. The maximum absolute atomic E-state index is 12.1. The van der Waals surface area contributed by atoms with Crippen LogP contribution in [0.5, 0.6) is 0 Å². The maximum atomic E-state index is 12.1. The first-order valence-electron chi connectivity index (χ1n) is 6.35. The normalized spacial score (nSPS) is 27.4. The van der Waals surface area contributed by atoms with Gasteiger partial charge in [-0.15, -0.1) is 0 Å². The van der Waals surface area contributed by atoms with E-state index in [0.717, 1.165) is 12.8 Å². The van der Waals surface area contributed by atoms with Crippen LogP contribution in [0.25, 0.3) is 0 Å². The van der Waals surface area contributed by atoms with Crippen molar-refractivity contribution in [2.75, 3.05) is 26.4 Å². The SMILES string of the molecule is O=C(NC1(C(=O)O)CCOCC1)C1CCCOC1. The fourth-order valence-electron chi connectivity index (χ4n) is 2.40. The molecule has 0 aromatic rings. The molecule has 6 nitrogen and oxygen atoms in total. The lowest BCUT2D eigenvalue weighted by Crippen LogP contribution is -2.59. The molecule has 0 aromatic carbocycles. The van der Waals surface area contributed by atoms with Crippen molar-refractivity contribution in [1.82, 2.24) is 5.32 Å². The topological polar surface area (TPSA) is 84.9 Å². The number of carboxylic acid groups (broad SMARTS) is 1. The van der Waals surface area contributed by atoms with E-state index in [2.05, 4.69) is 5.32 Å². The van der Waals surface area contributed by atoms with Crippen LogP contribution < -0.4 is 5.32 Å². The number of hydrogen-bond donors (Lipinski definition) is 2. The van der Waals surface area contributed by atoms with Gasteiger partial charge in [-0.25, -0.2) is 4.79 Å². The van der Waals surface area contributed by atoms with Gasteiger partial charge in [0.1, 0.15) is 5.54 Å². The summed E-state index contributed by atoms with van der Waals surface area (Å²) in [5.41, 5.74) is -1.16. The van der Waals surface area contributed by atoms with Crippen molar-refractivity contribution in [3.05, 3.63) is 0 Å². The van der Waals surface area contributed by atoms with Crippen LogP contribution in [0, 0.1) is 5.92 Å². The molecule has 2 aliphatic heterocycles. The first-order chi connectivity index (χ1) is 8.64. The molecule has 0 saturated carbocycles. The van der Waals surface area contributed by atoms with Gasteiger partial charge in [-0.05, 0) is 12.8 Å². The minimum Gasteiger partial charge on any atom is -0.480 e. The van der Waals surface area contributed by atoms with Crippen LogP contribution in [0.3, 0.4) is 0 Å². The first kappa shape index (κ1) is 13.3. The Morgan fingerprint density at radius 3 is 2.44 bits per heavy atom. The molecule has 2 aliphatic rings. The van der Waals surface area contributed by atoms with Crippen LogP contribution in [-0.4, -0.2) is 48.9 Å². The molecular formula is C12H19NO5. The fourth-order valence-corrected chi connectivity index (χ4v) is 2.40. The molecule has 2 N–H and O–H groups in total. The highest BCUT2D eigenvalue weighted by molar-refractivity contribution is 5.88. The maximum Gasteiger partial charge on any atom is 0.329 e. The highest BCUT2D eigenvalue weighted by atomic mass is 16.5. The summed E-state index contributed by atoms with van der Waals surface area (Å²) in [5.74, 6) is -1.41. The van der Waals surface area contributed by atoms with Crippen molar-refractivity contribution in [3.8, 4) is 0 Å². The molecule has 2 fully saturated rings. The van der Waals surface area contributed by atoms with Gasteiger partial charge in [-0.2, -0.15) is 0 Å². The van der Waals surface area contributed by atoms with Gasteiger partial charge in [0.15, 0.2) is 0 Å². The lowest BCUT2D eigenvalue weighted by atomic mass is 9.88. The number of amides is 1. The van der Waals surface area contributed by atoms with Crippen LogP contribution >= 0.6 is 0 Å². The first-order valence-corrected chi connectivity index (χ1v) is 6.35. The lowest BCUT2D eigenvalue weighted by Gasteiger charge is -2.35. The number of hydrogen-bond acceptors (Lipinski definition) is 4. The molecule has 0 aromatic heterocycles. The smallest absolute Gasteiger partial charge is 0.329 e. The van der Waals surface area contributed by atoms with E-state index in [4.69, 9.17) is 9.47 Å². The van der Waals surface area contributed by atoms with Gasteiger partial charge >= 0.3 is 5.97 Å². The van der Waals surface area contributed by atoms with Crippen molar-refractivity contribution < 1.29 is 24.2 Å². The van der Waals surface area contributed by atoms with E-state index >= 15 is 0 Å². The molecule has 0 spiro atoms. The Labute approximate surface area is 106 Å². The van der Waals surface area contributed by atoms with E-state index in [1.165, 1.54) is 0 Å². The summed E-state index contributed by atoms with van der Waals surface area (Å²) in [5, 5.41) is 12.0. The van der Waals surface area contributed by atoms with E-state index < -0.39 is 11.5 Å². The van der Waals surface area contributed by atoms with E-state index in [-0.39, 0.29) is 11.8 Å².